The summed E-state index contributed by atoms with van der Waals surface area (Å²) in [4.78, 5) is 42.3. The van der Waals surface area contributed by atoms with Gasteiger partial charge in [-0.25, -0.2) is 0 Å². The van der Waals surface area contributed by atoms with Crippen molar-refractivity contribution in [1.29, 1.82) is 0 Å². The second-order valence-corrected chi connectivity index (χ2v) is 6.79. The molecule has 0 bridgehead atoms. The lowest BCUT2D eigenvalue weighted by atomic mass is 10.0. The standard InChI is InChI=1S/C19H20ClN3O3/c1-21-9-11-22(12-10-21)19(26)17(23-8-3-2-7-16(23)24)18(25)14-5-4-6-15(20)13-14/h2-8,13,17H,9-12H2,1H3/t17-/m1/s1. The highest BCUT2D eigenvalue weighted by Gasteiger charge is 2.34. The van der Waals surface area contributed by atoms with E-state index in [1.807, 2.05) is 7.05 Å². The molecule has 0 radical (unpaired) electrons. The molecule has 1 aromatic heterocycles. The van der Waals surface area contributed by atoms with Gasteiger partial charge in [0.1, 0.15) is 0 Å². The fourth-order valence-electron chi connectivity index (χ4n) is 3.01. The molecule has 1 atom stereocenters. The molecule has 1 fully saturated rings. The average molecular weight is 374 g/mol. The van der Waals surface area contributed by atoms with Gasteiger partial charge in [-0.1, -0.05) is 29.8 Å². The first kappa shape index (κ1) is 18.4. The van der Waals surface area contributed by atoms with Crippen molar-refractivity contribution < 1.29 is 9.59 Å². The molecule has 7 heteroatoms. The highest BCUT2D eigenvalue weighted by atomic mass is 35.5. The second-order valence-electron chi connectivity index (χ2n) is 6.35. The van der Waals surface area contributed by atoms with Gasteiger partial charge in [0.15, 0.2) is 11.8 Å². The summed E-state index contributed by atoms with van der Waals surface area (Å²) in [6.45, 7) is 2.51. The van der Waals surface area contributed by atoms with Crippen LogP contribution >= 0.6 is 11.6 Å². The molecular formula is C19H20ClN3O3. The Morgan fingerprint density at radius 3 is 2.42 bits per heavy atom. The van der Waals surface area contributed by atoms with Gasteiger partial charge in [0.2, 0.25) is 0 Å². The highest BCUT2D eigenvalue weighted by molar-refractivity contribution is 6.31. The summed E-state index contributed by atoms with van der Waals surface area (Å²) in [5.41, 5.74) is -0.0870. The minimum absolute atomic E-state index is 0.306. The number of hydrogen-bond acceptors (Lipinski definition) is 4. The van der Waals surface area contributed by atoms with Crippen molar-refractivity contribution in [2.75, 3.05) is 33.2 Å². The number of amides is 1. The van der Waals surface area contributed by atoms with Crippen LogP contribution in [0.2, 0.25) is 5.02 Å². The van der Waals surface area contributed by atoms with Crippen molar-refractivity contribution in [2.45, 2.75) is 6.04 Å². The smallest absolute Gasteiger partial charge is 0.253 e. The zero-order chi connectivity index (χ0) is 18.7. The van der Waals surface area contributed by atoms with E-state index in [2.05, 4.69) is 4.90 Å². The first-order valence-corrected chi connectivity index (χ1v) is 8.79. The van der Waals surface area contributed by atoms with Crippen molar-refractivity contribution in [3.05, 3.63) is 69.6 Å². The van der Waals surface area contributed by atoms with Crippen LogP contribution in [0.4, 0.5) is 0 Å². The van der Waals surface area contributed by atoms with Crippen molar-refractivity contribution in [3.63, 3.8) is 0 Å². The Balaban J connectivity index is 1.99. The van der Waals surface area contributed by atoms with E-state index < -0.39 is 17.4 Å². The summed E-state index contributed by atoms with van der Waals surface area (Å²) in [5.74, 6) is -0.805. The molecule has 3 rings (SSSR count). The van der Waals surface area contributed by atoms with E-state index in [1.165, 1.54) is 22.9 Å². The quantitative estimate of drug-likeness (QED) is 0.604. The molecule has 0 unspecified atom stereocenters. The minimum atomic E-state index is -1.23. The predicted octanol–water partition coefficient (Wildman–Crippen LogP) is 1.70. The lowest BCUT2D eigenvalue weighted by molar-refractivity contribution is -0.135. The number of halogens is 1. The van der Waals surface area contributed by atoms with Crippen LogP contribution in [0.25, 0.3) is 0 Å². The second kappa shape index (κ2) is 7.85. The fourth-order valence-corrected chi connectivity index (χ4v) is 3.20. The van der Waals surface area contributed by atoms with Crippen LogP contribution in [0.15, 0.2) is 53.5 Å². The van der Waals surface area contributed by atoms with Crippen molar-refractivity contribution in [3.8, 4) is 0 Å². The summed E-state index contributed by atoms with van der Waals surface area (Å²) >= 11 is 5.99. The summed E-state index contributed by atoms with van der Waals surface area (Å²) in [5, 5.41) is 0.405. The molecule has 1 aliphatic rings. The van der Waals surface area contributed by atoms with E-state index in [-0.39, 0.29) is 5.91 Å². The van der Waals surface area contributed by atoms with Crippen LogP contribution in [0.1, 0.15) is 16.4 Å². The number of pyridine rings is 1. The zero-order valence-corrected chi connectivity index (χ0v) is 15.2. The van der Waals surface area contributed by atoms with Crippen LogP contribution < -0.4 is 5.56 Å². The van der Waals surface area contributed by atoms with Crippen LogP contribution in [-0.4, -0.2) is 59.3 Å². The first-order chi connectivity index (χ1) is 12.5. The monoisotopic (exact) mass is 373 g/mol. The molecule has 0 saturated carbocycles. The number of carbonyl (C=O) groups excluding carboxylic acids is 2. The molecule has 0 N–H and O–H groups in total. The summed E-state index contributed by atoms with van der Waals surface area (Å²) in [6, 6.07) is 9.76. The van der Waals surface area contributed by atoms with Crippen molar-refractivity contribution in [1.82, 2.24) is 14.4 Å². The Morgan fingerprint density at radius 1 is 1.04 bits per heavy atom. The number of nitrogens with zero attached hydrogens (tertiary/aromatic N) is 3. The third kappa shape index (κ3) is 3.86. The molecule has 136 valence electrons. The molecule has 1 aliphatic heterocycles. The normalized spacial score (nSPS) is 16.3. The molecule has 0 aliphatic carbocycles. The highest BCUT2D eigenvalue weighted by Crippen LogP contribution is 2.20. The number of ketones is 1. The van der Waals surface area contributed by atoms with E-state index in [0.717, 1.165) is 13.1 Å². The summed E-state index contributed by atoms with van der Waals surface area (Å²) in [6.07, 6.45) is 1.48. The third-order valence-corrected chi connectivity index (χ3v) is 4.77. The number of benzene rings is 1. The number of aromatic nitrogens is 1. The molecule has 1 amide bonds. The summed E-state index contributed by atoms with van der Waals surface area (Å²) < 4.78 is 1.20. The van der Waals surface area contributed by atoms with Gasteiger partial charge in [-0.3, -0.25) is 19.0 Å². The SMILES string of the molecule is CN1CCN(C(=O)[C@@H](C(=O)c2cccc(Cl)c2)n2ccccc2=O)CC1. The van der Waals surface area contributed by atoms with Gasteiger partial charge >= 0.3 is 0 Å². The van der Waals surface area contributed by atoms with E-state index in [0.29, 0.717) is 23.7 Å². The maximum absolute atomic E-state index is 13.2. The van der Waals surface area contributed by atoms with Crippen LogP contribution in [-0.2, 0) is 4.79 Å². The maximum atomic E-state index is 13.2. The van der Waals surface area contributed by atoms with Gasteiger partial charge < -0.3 is 9.80 Å². The van der Waals surface area contributed by atoms with Gasteiger partial charge in [0.25, 0.3) is 11.5 Å². The Labute approximate surface area is 156 Å². The zero-order valence-electron chi connectivity index (χ0n) is 14.5. The number of rotatable bonds is 4. The third-order valence-electron chi connectivity index (χ3n) is 4.54. The number of Topliss-reactive ketones (excluding diaryl/α,β-unsaturated/α-hetero) is 1. The Kier molecular flexibility index (Phi) is 5.54. The van der Waals surface area contributed by atoms with E-state index in [1.54, 1.807) is 35.2 Å². The maximum Gasteiger partial charge on any atom is 0.253 e. The van der Waals surface area contributed by atoms with E-state index in [4.69, 9.17) is 11.6 Å². The van der Waals surface area contributed by atoms with Crippen LogP contribution in [0.3, 0.4) is 0 Å². The topological polar surface area (TPSA) is 62.6 Å². The Bertz CT molecular complexity index is 872. The first-order valence-electron chi connectivity index (χ1n) is 8.41. The Morgan fingerprint density at radius 2 is 1.77 bits per heavy atom. The lowest BCUT2D eigenvalue weighted by Crippen LogP contribution is -2.51. The molecule has 1 aromatic carbocycles. The van der Waals surface area contributed by atoms with E-state index in [9.17, 15) is 14.4 Å². The van der Waals surface area contributed by atoms with E-state index >= 15 is 0 Å². The molecule has 2 heterocycles. The number of hydrogen-bond donors (Lipinski definition) is 0. The number of carbonyl (C=O) groups is 2. The molecule has 26 heavy (non-hydrogen) atoms. The van der Waals surface area contributed by atoms with Gasteiger partial charge in [-0.15, -0.1) is 0 Å². The molecule has 1 saturated heterocycles. The molecule has 2 aromatic rings. The van der Waals surface area contributed by atoms with Gasteiger partial charge in [0, 0.05) is 49.0 Å². The van der Waals surface area contributed by atoms with Crippen molar-refractivity contribution >= 4 is 23.3 Å². The predicted molar refractivity (Wildman–Crippen MR) is 99.6 cm³/mol. The molecule has 6 nitrogen and oxygen atoms in total. The van der Waals surface area contributed by atoms with Crippen LogP contribution in [0.5, 0.6) is 0 Å². The van der Waals surface area contributed by atoms with Crippen LogP contribution in [0, 0.1) is 0 Å². The number of piperazine rings is 1. The van der Waals surface area contributed by atoms with Gasteiger partial charge in [0.05, 0.1) is 0 Å². The molecular weight excluding hydrogens is 354 g/mol. The Hall–Kier alpha value is -2.44. The van der Waals surface area contributed by atoms with Gasteiger partial charge in [-0.05, 0) is 25.2 Å². The van der Waals surface area contributed by atoms with Crippen molar-refractivity contribution in [2.24, 2.45) is 0 Å². The van der Waals surface area contributed by atoms with Gasteiger partial charge in [-0.2, -0.15) is 0 Å². The lowest BCUT2D eigenvalue weighted by Gasteiger charge is -2.34. The molecule has 0 spiro atoms. The minimum Gasteiger partial charge on any atom is -0.338 e. The largest absolute Gasteiger partial charge is 0.338 e. The number of likely N-dealkylation sites (N-methyl/N-ethyl adjacent to an activating group) is 1. The fraction of sp³-hybridized carbons (Fsp3) is 0.316. The summed E-state index contributed by atoms with van der Waals surface area (Å²) in [7, 11) is 1.98. The average Bonchev–Trinajstić information content (AvgIpc) is 2.64.